The van der Waals surface area contributed by atoms with Crippen molar-refractivity contribution in [3.63, 3.8) is 0 Å². The Labute approximate surface area is 119 Å². The number of carboxylic acid groups (broad SMARTS) is 1. The Hall–Kier alpha value is -1.79. The first kappa shape index (κ1) is 18.2. The van der Waals surface area contributed by atoms with Crippen molar-refractivity contribution in [2.45, 2.75) is 33.1 Å². The molecule has 0 rings (SSSR count). The van der Waals surface area contributed by atoms with Gasteiger partial charge in [0.05, 0.1) is 5.92 Å². The van der Waals surface area contributed by atoms with Crippen molar-refractivity contribution in [2.75, 3.05) is 26.7 Å². The fourth-order valence-corrected chi connectivity index (χ4v) is 1.76. The number of carbonyl (C=O) groups is 3. The lowest BCUT2D eigenvalue weighted by atomic mass is 10.0. The normalized spacial score (nSPS) is 11.6. The number of hydrogen-bond acceptors (Lipinski definition) is 3. The van der Waals surface area contributed by atoms with Crippen LogP contribution >= 0.6 is 0 Å². The van der Waals surface area contributed by atoms with E-state index in [9.17, 15) is 14.4 Å². The molecule has 3 N–H and O–H groups in total. The van der Waals surface area contributed by atoms with Crippen LogP contribution in [0.15, 0.2) is 0 Å². The van der Waals surface area contributed by atoms with E-state index < -0.39 is 17.9 Å². The summed E-state index contributed by atoms with van der Waals surface area (Å²) < 4.78 is 0. The Morgan fingerprint density at radius 1 is 1.20 bits per heavy atom. The lowest BCUT2D eigenvalue weighted by molar-refractivity contribution is -0.141. The summed E-state index contributed by atoms with van der Waals surface area (Å²) >= 11 is 0. The molecule has 7 heteroatoms. The van der Waals surface area contributed by atoms with Gasteiger partial charge in [-0.15, -0.1) is 0 Å². The van der Waals surface area contributed by atoms with Crippen LogP contribution in [0, 0.1) is 5.92 Å². The summed E-state index contributed by atoms with van der Waals surface area (Å²) in [6.07, 6.45) is 1.98. The molecule has 7 nitrogen and oxygen atoms in total. The molecule has 0 aromatic heterocycles. The number of rotatable bonds is 9. The average Bonchev–Trinajstić information content (AvgIpc) is 2.41. The highest BCUT2D eigenvalue weighted by atomic mass is 16.4. The van der Waals surface area contributed by atoms with E-state index in [0.29, 0.717) is 13.0 Å². The van der Waals surface area contributed by atoms with Crippen LogP contribution in [0.3, 0.4) is 0 Å². The molecule has 0 spiro atoms. The minimum absolute atomic E-state index is 0.0261. The summed E-state index contributed by atoms with van der Waals surface area (Å²) in [4.78, 5) is 35.7. The lowest BCUT2D eigenvalue weighted by Crippen LogP contribution is -2.47. The SMILES string of the molecule is CCCC(CNC(=O)N(CCC)CC(=O)NC)C(=O)O. The summed E-state index contributed by atoms with van der Waals surface area (Å²) in [6.45, 7) is 4.30. The van der Waals surface area contributed by atoms with Gasteiger partial charge in [-0.3, -0.25) is 9.59 Å². The van der Waals surface area contributed by atoms with Gasteiger partial charge in [0.25, 0.3) is 0 Å². The summed E-state index contributed by atoms with van der Waals surface area (Å²) in [5, 5.41) is 14.1. The molecule has 0 radical (unpaired) electrons. The maximum absolute atomic E-state index is 12.0. The quantitative estimate of drug-likeness (QED) is 0.580. The van der Waals surface area contributed by atoms with Gasteiger partial charge >= 0.3 is 12.0 Å². The topological polar surface area (TPSA) is 98.7 Å². The van der Waals surface area contributed by atoms with Crippen LogP contribution in [-0.4, -0.2) is 54.6 Å². The first-order valence-electron chi connectivity index (χ1n) is 6.92. The van der Waals surface area contributed by atoms with Gasteiger partial charge in [-0.2, -0.15) is 0 Å². The zero-order valence-electron chi connectivity index (χ0n) is 12.4. The van der Waals surface area contributed by atoms with Crippen LogP contribution in [0.4, 0.5) is 4.79 Å². The van der Waals surface area contributed by atoms with Crippen molar-refractivity contribution in [1.29, 1.82) is 0 Å². The number of nitrogens with one attached hydrogen (secondary N) is 2. The second kappa shape index (κ2) is 10.1. The molecule has 0 aliphatic heterocycles. The first-order valence-corrected chi connectivity index (χ1v) is 6.92. The summed E-state index contributed by atoms with van der Waals surface area (Å²) in [7, 11) is 1.51. The van der Waals surface area contributed by atoms with Crippen molar-refractivity contribution in [3.05, 3.63) is 0 Å². The van der Waals surface area contributed by atoms with E-state index in [1.807, 2.05) is 13.8 Å². The standard InChI is InChI=1S/C13H25N3O4/c1-4-6-10(12(18)19)8-15-13(20)16(7-5-2)9-11(17)14-3/h10H,4-9H2,1-3H3,(H,14,17)(H,15,20)(H,18,19). The van der Waals surface area contributed by atoms with Crippen molar-refractivity contribution in [2.24, 2.45) is 5.92 Å². The van der Waals surface area contributed by atoms with Crippen LogP contribution in [0.5, 0.6) is 0 Å². The van der Waals surface area contributed by atoms with Crippen LogP contribution < -0.4 is 10.6 Å². The van der Waals surface area contributed by atoms with Gasteiger partial charge in [-0.1, -0.05) is 20.3 Å². The van der Waals surface area contributed by atoms with E-state index in [0.717, 1.165) is 12.8 Å². The molecule has 0 aromatic rings. The van der Waals surface area contributed by atoms with E-state index in [1.54, 1.807) is 0 Å². The molecule has 0 aliphatic rings. The Morgan fingerprint density at radius 2 is 1.85 bits per heavy atom. The predicted molar refractivity (Wildman–Crippen MR) is 75.4 cm³/mol. The molecule has 1 atom stereocenters. The highest BCUT2D eigenvalue weighted by Crippen LogP contribution is 2.05. The van der Waals surface area contributed by atoms with Crippen LogP contribution in [-0.2, 0) is 9.59 Å². The van der Waals surface area contributed by atoms with Gasteiger partial charge in [0.2, 0.25) is 5.91 Å². The summed E-state index contributed by atoms with van der Waals surface area (Å²) in [5.74, 6) is -1.76. The Balaban J connectivity index is 4.43. The summed E-state index contributed by atoms with van der Waals surface area (Å²) in [5.41, 5.74) is 0. The largest absolute Gasteiger partial charge is 0.481 e. The number of amides is 3. The van der Waals surface area contributed by atoms with Gasteiger partial charge in [0.15, 0.2) is 0 Å². The average molecular weight is 287 g/mol. The van der Waals surface area contributed by atoms with E-state index in [2.05, 4.69) is 10.6 Å². The molecule has 0 saturated carbocycles. The monoisotopic (exact) mass is 287 g/mol. The molecule has 20 heavy (non-hydrogen) atoms. The molecule has 3 amide bonds. The molecule has 116 valence electrons. The number of aliphatic carboxylic acids is 1. The number of carbonyl (C=O) groups excluding carboxylic acids is 2. The Bertz CT molecular complexity index is 334. The number of likely N-dealkylation sites (N-methyl/N-ethyl adjacent to an activating group) is 1. The fraction of sp³-hybridized carbons (Fsp3) is 0.769. The van der Waals surface area contributed by atoms with Gasteiger partial charge in [0.1, 0.15) is 6.54 Å². The van der Waals surface area contributed by atoms with Crippen LogP contribution in [0.1, 0.15) is 33.1 Å². The van der Waals surface area contributed by atoms with E-state index in [4.69, 9.17) is 5.11 Å². The van der Waals surface area contributed by atoms with Gasteiger partial charge < -0.3 is 20.6 Å². The molecule has 0 heterocycles. The van der Waals surface area contributed by atoms with Gasteiger partial charge in [0, 0.05) is 20.1 Å². The van der Waals surface area contributed by atoms with Crippen molar-refractivity contribution in [3.8, 4) is 0 Å². The third-order valence-electron chi connectivity index (χ3n) is 2.88. The highest BCUT2D eigenvalue weighted by Gasteiger charge is 2.20. The molecule has 0 fully saturated rings. The van der Waals surface area contributed by atoms with E-state index in [-0.39, 0.29) is 19.0 Å². The van der Waals surface area contributed by atoms with Crippen molar-refractivity contribution >= 4 is 17.9 Å². The maximum atomic E-state index is 12.0. The van der Waals surface area contributed by atoms with Crippen molar-refractivity contribution < 1.29 is 19.5 Å². The first-order chi connectivity index (χ1) is 9.46. The third-order valence-corrected chi connectivity index (χ3v) is 2.88. The van der Waals surface area contributed by atoms with Gasteiger partial charge in [-0.05, 0) is 12.8 Å². The number of nitrogens with zero attached hydrogens (tertiary/aromatic N) is 1. The van der Waals surface area contributed by atoms with E-state index >= 15 is 0 Å². The molecular formula is C13H25N3O4. The van der Waals surface area contributed by atoms with Gasteiger partial charge in [-0.25, -0.2) is 4.79 Å². The maximum Gasteiger partial charge on any atom is 0.317 e. The minimum Gasteiger partial charge on any atom is -0.481 e. The highest BCUT2D eigenvalue weighted by molar-refractivity contribution is 5.84. The third kappa shape index (κ3) is 6.96. The number of hydrogen-bond donors (Lipinski definition) is 3. The second-order valence-corrected chi connectivity index (χ2v) is 4.60. The van der Waals surface area contributed by atoms with Crippen LogP contribution in [0.2, 0.25) is 0 Å². The minimum atomic E-state index is -0.916. The molecule has 0 saturated heterocycles. The molecule has 0 aromatic carbocycles. The van der Waals surface area contributed by atoms with Crippen molar-refractivity contribution in [1.82, 2.24) is 15.5 Å². The molecular weight excluding hydrogens is 262 g/mol. The molecule has 1 unspecified atom stereocenters. The summed E-state index contributed by atoms with van der Waals surface area (Å²) in [6, 6.07) is -0.405. The molecule has 0 bridgehead atoms. The zero-order chi connectivity index (χ0) is 15.5. The second-order valence-electron chi connectivity index (χ2n) is 4.60. The molecule has 0 aliphatic carbocycles. The van der Waals surface area contributed by atoms with E-state index in [1.165, 1.54) is 11.9 Å². The zero-order valence-corrected chi connectivity index (χ0v) is 12.4. The predicted octanol–water partition coefficient (Wildman–Crippen LogP) is 0.655. The Morgan fingerprint density at radius 3 is 2.30 bits per heavy atom. The lowest BCUT2D eigenvalue weighted by Gasteiger charge is -2.22. The fourth-order valence-electron chi connectivity index (χ4n) is 1.76. The van der Waals surface area contributed by atoms with Crippen LogP contribution in [0.25, 0.3) is 0 Å². The number of carboxylic acids is 1. The number of urea groups is 1. The smallest absolute Gasteiger partial charge is 0.317 e. The Kier molecular flexibility index (Phi) is 9.15.